The first-order chi connectivity index (χ1) is 10.3. The van der Waals surface area contributed by atoms with Gasteiger partial charge in [0.1, 0.15) is 0 Å². The summed E-state index contributed by atoms with van der Waals surface area (Å²) in [5.74, 6) is 0.586. The Kier molecular flexibility index (Phi) is 4.03. The molecule has 0 heterocycles. The van der Waals surface area contributed by atoms with Gasteiger partial charge in [0.05, 0.1) is 17.7 Å². The predicted octanol–water partition coefficient (Wildman–Crippen LogP) is 4.24. The van der Waals surface area contributed by atoms with E-state index in [-0.39, 0.29) is 6.10 Å². The van der Waals surface area contributed by atoms with E-state index in [1.165, 1.54) is 11.1 Å². The van der Waals surface area contributed by atoms with Crippen molar-refractivity contribution in [3.63, 3.8) is 0 Å². The third-order valence-corrected chi connectivity index (χ3v) is 4.43. The highest BCUT2D eigenvalue weighted by molar-refractivity contribution is 5.64. The Morgan fingerprint density at radius 2 is 1.33 bits per heavy atom. The third kappa shape index (κ3) is 3.15. The quantitative estimate of drug-likeness (QED) is 0.892. The van der Waals surface area contributed by atoms with E-state index in [1.807, 2.05) is 24.3 Å². The fourth-order valence-corrected chi connectivity index (χ4v) is 3.09. The summed E-state index contributed by atoms with van der Waals surface area (Å²) in [6.45, 7) is 0. The standard InChI is InChI=1S/C19H19NO/c20-13-14-1-3-15(4-2-14)16-5-7-17(8-6-16)18-9-11-19(21)12-10-18/h1-8,18-19,21H,9-12H2/t18-,19-. The van der Waals surface area contributed by atoms with Crippen molar-refractivity contribution in [3.8, 4) is 17.2 Å². The molecule has 0 unspecified atom stereocenters. The van der Waals surface area contributed by atoms with Crippen molar-refractivity contribution >= 4 is 0 Å². The van der Waals surface area contributed by atoms with E-state index in [1.54, 1.807) is 0 Å². The number of aliphatic hydroxyl groups excluding tert-OH is 1. The Balaban J connectivity index is 1.75. The molecule has 0 aromatic heterocycles. The molecule has 0 amide bonds. The first-order valence-electron chi connectivity index (χ1n) is 7.55. The van der Waals surface area contributed by atoms with Crippen LogP contribution < -0.4 is 0 Å². The fourth-order valence-electron chi connectivity index (χ4n) is 3.09. The van der Waals surface area contributed by atoms with Crippen LogP contribution in [0, 0.1) is 11.3 Å². The smallest absolute Gasteiger partial charge is 0.0991 e. The molecule has 1 aliphatic carbocycles. The largest absolute Gasteiger partial charge is 0.393 e. The van der Waals surface area contributed by atoms with Gasteiger partial charge in [0, 0.05) is 0 Å². The van der Waals surface area contributed by atoms with Crippen LogP contribution in [0.4, 0.5) is 0 Å². The zero-order valence-corrected chi connectivity index (χ0v) is 12.0. The first-order valence-corrected chi connectivity index (χ1v) is 7.55. The molecular formula is C19H19NO. The van der Waals surface area contributed by atoms with Crippen LogP contribution in [0.1, 0.15) is 42.7 Å². The number of nitrogens with zero attached hydrogens (tertiary/aromatic N) is 1. The van der Waals surface area contributed by atoms with Crippen molar-refractivity contribution in [2.45, 2.75) is 37.7 Å². The summed E-state index contributed by atoms with van der Waals surface area (Å²) in [6.07, 6.45) is 3.90. The molecule has 3 rings (SSSR count). The summed E-state index contributed by atoms with van der Waals surface area (Å²) >= 11 is 0. The molecule has 1 saturated carbocycles. The predicted molar refractivity (Wildman–Crippen MR) is 83.8 cm³/mol. The molecule has 0 radical (unpaired) electrons. The first kappa shape index (κ1) is 13.9. The van der Waals surface area contributed by atoms with Gasteiger partial charge in [0.15, 0.2) is 0 Å². The molecule has 0 saturated heterocycles. The summed E-state index contributed by atoms with van der Waals surface area (Å²) < 4.78 is 0. The van der Waals surface area contributed by atoms with Crippen LogP contribution in [-0.4, -0.2) is 11.2 Å². The van der Waals surface area contributed by atoms with E-state index >= 15 is 0 Å². The SMILES string of the molecule is N#Cc1ccc(-c2ccc([C@H]3CC[C@H](O)CC3)cc2)cc1. The van der Waals surface area contributed by atoms with E-state index in [0.29, 0.717) is 11.5 Å². The molecule has 1 fully saturated rings. The van der Waals surface area contributed by atoms with Gasteiger partial charge >= 0.3 is 0 Å². The van der Waals surface area contributed by atoms with Crippen molar-refractivity contribution in [2.75, 3.05) is 0 Å². The maximum Gasteiger partial charge on any atom is 0.0991 e. The average Bonchev–Trinajstić information content (AvgIpc) is 2.56. The molecule has 1 aliphatic rings. The van der Waals surface area contributed by atoms with Crippen LogP contribution in [0.2, 0.25) is 0 Å². The van der Waals surface area contributed by atoms with Gasteiger partial charge in [-0.05, 0) is 60.4 Å². The Morgan fingerprint density at radius 3 is 1.86 bits per heavy atom. The van der Waals surface area contributed by atoms with E-state index in [0.717, 1.165) is 31.2 Å². The van der Waals surface area contributed by atoms with E-state index in [9.17, 15) is 5.11 Å². The second-order valence-corrected chi connectivity index (χ2v) is 5.82. The molecule has 2 heteroatoms. The van der Waals surface area contributed by atoms with Gasteiger partial charge in [-0.1, -0.05) is 36.4 Å². The van der Waals surface area contributed by atoms with Crippen molar-refractivity contribution in [3.05, 3.63) is 59.7 Å². The minimum Gasteiger partial charge on any atom is -0.393 e. The van der Waals surface area contributed by atoms with Crippen molar-refractivity contribution in [1.29, 1.82) is 5.26 Å². The molecule has 0 aliphatic heterocycles. The highest BCUT2D eigenvalue weighted by Gasteiger charge is 2.20. The molecule has 21 heavy (non-hydrogen) atoms. The van der Waals surface area contributed by atoms with Crippen molar-refractivity contribution in [2.24, 2.45) is 0 Å². The lowest BCUT2D eigenvalue weighted by Gasteiger charge is -2.25. The lowest BCUT2D eigenvalue weighted by molar-refractivity contribution is 0.122. The topological polar surface area (TPSA) is 44.0 Å². The molecule has 0 spiro atoms. The number of benzene rings is 2. The lowest BCUT2D eigenvalue weighted by Crippen LogP contribution is -2.16. The van der Waals surface area contributed by atoms with E-state index < -0.39 is 0 Å². The minimum absolute atomic E-state index is 0.0980. The van der Waals surface area contributed by atoms with Gasteiger partial charge in [0.25, 0.3) is 0 Å². The maximum atomic E-state index is 9.59. The highest BCUT2D eigenvalue weighted by atomic mass is 16.3. The van der Waals surface area contributed by atoms with Crippen molar-refractivity contribution in [1.82, 2.24) is 0 Å². The monoisotopic (exact) mass is 277 g/mol. The van der Waals surface area contributed by atoms with Gasteiger partial charge < -0.3 is 5.11 Å². The Morgan fingerprint density at radius 1 is 0.810 bits per heavy atom. The van der Waals surface area contributed by atoms with Crippen LogP contribution in [0.25, 0.3) is 11.1 Å². The molecule has 0 atom stereocenters. The Labute approximate surface area is 125 Å². The van der Waals surface area contributed by atoms with Gasteiger partial charge in [-0.15, -0.1) is 0 Å². The molecule has 2 aromatic rings. The van der Waals surface area contributed by atoms with Crippen molar-refractivity contribution < 1.29 is 5.11 Å². The van der Waals surface area contributed by atoms with Crippen LogP contribution in [-0.2, 0) is 0 Å². The van der Waals surface area contributed by atoms with Gasteiger partial charge in [-0.2, -0.15) is 5.26 Å². The lowest BCUT2D eigenvalue weighted by atomic mass is 9.82. The summed E-state index contributed by atoms with van der Waals surface area (Å²) in [5.41, 5.74) is 4.38. The van der Waals surface area contributed by atoms with E-state index in [4.69, 9.17) is 5.26 Å². The number of rotatable bonds is 2. The summed E-state index contributed by atoms with van der Waals surface area (Å²) in [4.78, 5) is 0. The maximum absolute atomic E-state index is 9.59. The van der Waals surface area contributed by atoms with Crippen LogP contribution in [0.3, 0.4) is 0 Å². The molecule has 106 valence electrons. The molecule has 0 bridgehead atoms. The second kappa shape index (κ2) is 6.11. The molecule has 2 aromatic carbocycles. The van der Waals surface area contributed by atoms with Gasteiger partial charge in [-0.25, -0.2) is 0 Å². The zero-order valence-electron chi connectivity index (χ0n) is 12.0. The van der Waals surface area contributed by atoms with Gasteiger partial charge in [-0.3, -0.25) is 0 Å². The highest BCUT2D eigenvalue weighted by Crippen LogP contribution is 2.33. The summed E-state index contributed by atoms with van der Waals surface area (Å²) in [5, 5.41) is 18.4. The van der Waals surface area contributed by atoms with Gasteiger partial charge in [0.2, 0.25) is 0 Å². The molecule has 2 nitrogen and oxygen atoms in total. The zero-order chi connectivity index (χ0) is 14.7. The number of hydrogen-bond donors (Lipinski definition) is 1. The Hall–Kier alpha value is -2.11. The average molecular weight is 277 g/mol. The molecular weight excluding hydrogens is 258 g/mol. The Bertz CT molecular complexity index is 629. The van der Waals surface area contributed by atoms with Crippen LogP contribution >= 0.6 is 0 Å². The van der Waals surface area contributed by atoms with E-state index in [2.05, 4.69) is 30.3 Å². The number of hydrogen-bond acceptors (Lipinski definition) is 2. The normalized spacial score (nSPS) is 21.7. The van der Waals surface area contributed by atoms with Crippen LogP contribution in [0.15, 0.2) is 48.5 Å². The molecule has 1 N–H and O–H groups in total. The summed E-state index contributed by atoms with van der Waals surface area (Å²) in [6, 6.07) is 18.5. The fraction of sp³-hybridized carbons (Fsp3) is 0.316. The summed E-state index contributed by atoms with van der Waals surface area (Å²) in [7, 11) is 0. The van der Waals surface area contributed by atoms with Crippen LogP contribution in [0.5, 0.6) is 0 Å². The number of aliphatic hydroxyl groups is 1. The minimum atomic E-state index is -0.0980. The second-order valence-electron chi connectivity index (χ2n) is 5.82. The third-order valence-electron chi connectivity index (χ3n) is 4.43. The number of nitriles is 1.